The Bertz CT molecular complexity index is 1240. The molecule has 2 aromatic carbocycles. The first-order chi connectivity index (χ1) is 17.6. The van der Waals surface area contributed by atoms with E-state index in [1.165, 1.54) is 0 Å². The molecule has 0 aliphatic carbocycles. The van der Waals surface area contributed by atoms with E-state index in [0.29, 0.717) is 18.9 Å². The van der Waals surface area contributed by atoms with Crippen LogP contribution in [-0.2, 0) is 17.9 Å². The maximum absolute atomic E-state index is 13.7. The fourth-order valence-electron chi connectivity index (χ4n) is 4.89. The first kappa shape index (κ1) is 23.7. The molecule has 36 heavy (non-hydrogen) atoms. The van der Waals surface area contributed by atoms with E-state index in [0.717, 1.165) is 54.3 Å². The summed E-state index contributed by atoms with van der Waals surface area (Å²) in [7, 11) is 0. The topological polar surface area (TPSA) is 67.2 Å². The van der Waals surface area contributed by atoms with Gasteiger partial charge in [0.15, 0.2) is 11.6 Å². The quantitative estimate of drug-likeness (QED) is 0.383. The number of anilines is 1. The monoisotopic (exact) mass is 480 g/mol. The molecule has 0 unspecified atom stereocenters. The third-order valence-corrected chi connectivity index (χ3v) is 6.78. The van der Waals surface area contributed by atoms with Crippen molar-refractivity contribution in [3.63, 3.8) is 0 Å². The number of carbonyl (C=O) groups excluding carboxylic acids is 1. The fraction of sp³-hybridized carbons (Fsp3) is 0.310. The van der Waals surface area contributed by atoms with E-state index >= 15 is 0 Å². The van der Waals surface area contributed by atoms with Crippen LogP contribution in [0, 0.1) is 19.8 Å². The second-order valence-corrected chi connectivity index (χ2v) is 9.52. The molecule has 2 aromatic heterocycles. The van der Waals surface area contributed by atoms with Crippen LogP contribution in [0.2, 0.25) is 0 Å². The Morgan fingerprint density at radius 3 is 1.89 bits per heavy atom. The Hall–Kier alpha value is -4.00. The Balaban J connectivity index is 1.24. The summed E-state index contributed by atoms with van der Waals surface area (Å²) >= 11 is 0. The molecule has 0 atom stereocenters. The number of hydrogen-bond acceptors (Lipinski definition) is 5. The maximum atomic E-state index is 13.7. The minimum absolute atomic E-state index is 0.00982. The highest BCUT2D eigenvalue weighted by Gasteiger charge is 2.29. The van der Waals surface area contributed by atoms with E-state index in [4.69, 9.17) is 0 Å². The largest absolute Gasteiger partial charge is 0.355 e. The molecule has 0 spiro atoms. The van der Waals surface area contributed by atoms with Crippen molar-refractivity contribution in [2.45, 2.75) is 39.8 Å². The van der Waals surface area contributed by atoms with Crippen molar-refractivity contribution in [3.05, 3.63) is 101 Å². The fourth-order valence-corrected chi connectivity index (χ4v) is 4.89. The van der Waals surface area contributed by atoms with Crippen LogP contribution in [-0.4, -0.2) is 43.9 Å². The van der Waals surface area contributed by atoms with E-state index in [1.807, 2.05) is 78.0 Å². The van der Waals surface area contributed by atoms with Gasteiger partial charge in [-0.1, -0.05) is 60.7 Å². The predicted molar refractivity (Wildman–Crippen MR) is 141 cm³/mol. The third kappa shape index (κ3) is 5.46. The van der Waals surface area contributed by atoms with Gasteiger partial charge >= 0.3 is 0 Å². The van der Waals surface area contributed by atoms with Crippen molar-refractivity contribution < 1.29 is 4.79 Å². The van der Waals surface area contributed by atoms with Gasteiger partial charge in [0.2, 0.25) is 5.91 Å². The summed E-state index contributed by atoms with van der Waals surface area (Å²) in [5.41, 5.74) is 4.29. The van der Waals surface area contributed by atoms with Gasteiger partial charge in [-0.05, 0) is 56.0 Å². The Morgan fingerprint density at radius 2 is 1.39 bits per heavy atom. The first-order valence-corrected chi connectivity index (χ1v) is 12.6. The lowest BCUT2D eigenvalue weighted by Gasteiger charge is -2.35. The number of benzene rings is 2. The van der Waals surface area contributed by atoms with Crippen molar-refractivity contribution >= 4 is 11.7 Å². The zero-order valence-electron chi connectivity index (χ0n) is 20.9. The average Bonchev–Trinajstić information content (AvgIpc) is 3.27. The Labute approximate surface area is 212 Å². The highest BCUT2D eigenvalue weighted by atomic mass is 16.2. The third-order valence-electron chi connectivity index (χ3n) is 6.78. The molecule has 3 heterocycles. The summed E-state index contributed by atoms with van der Waals surface area (Å²) in [5.74, 6) is 1.80. The lowest BCUT2D eigenvalue weighted by atomic mass is 9.94. The van der Waals surface area contributed by atoms with Gasteiger partial charge in [-0.15, -0.1) is 10.2 Å². The molecule has 7 heteroatoms. The molecule has 7 nitrogen and oxygen atoms in total. The van der Waals surface area contributed by atoms with E-state index < -0.39 is 0 Å². The molecule has 1 aliphatic heterocycles. The highest BCUT2D eigenvalue weighted by Crippen LogP contribution is 2.25. The molecular weight excluding hydrogens is 448 g/mol. The zero-order chi connectivity index (χ0) is 24.9. The first-order valence-electron chi connectivity index (χ1n) is 12.6. The van der Waals surface area contributed by atoms with E-state index in [2.05, 4.69) is 44.5 Å². The van der Waals surface area contributed by atoms with Gasteiger partial charge in [0.1, 0.15) is 0 Å². The average molecular weight is 481 g/mol. The zero-order valence-corrected chi connectivity index (χ0v) is 20.9. The molecule has 1 aliphatic rings. The molecule has 5 rings (SSSR count). The van der Waals surface area contributed by atoms with Crippen LogP contribution in [0.3, 0.4) is 0 Å². The van der Waals surface area contributed by atoms with Crippen LogP contribution in [0.15, 0.2) is 78.9 Å². The molecule has 0 N–H and O–H groups in total. The number of aryl methyl sites for hydroxylation is 2. The van der Waals surface area contributed by atoms with E-state index in [9.17, 15) is 4.79 Å². The normalized spacial score (nSPS) is 14.1. The number of rotatable bonds is 7. The van der Waals surface area contributed by atoms with Crippen LogP contribution in [0.4, 0.5) is 5.82 Å². The Kier molecular flexibility index (Phi) is 7.07. The number of nitrogens with zero attached hydrogens (tertiary/aromatic N) is 6. The number of piperidine rings is 1. The lowest BCUT2D eigenvalue weighted by Crippen LogP contribution is -2.42. The van der Waals surface area contributed by atoms with Crippen molar-refractivity contribution in [2.24, 2.45) is 5.92 Å². The lowest BCUT2D eigenvalue weighted by molar-refractivity contribution is -0.137. The van der Waals surface area contributed by atoms with Crippen molar-refractivity contribution in [1.82, 2.24) is 24.9 Å². The molecule has 0 radical (unpaired) electrons. The smallest absolute Gasteiger partial charge is 0.226 e. The van der Waals surface area contributed by atoms with Crippen LogP contribution in [0.25, 0.3) is 5.82 Å². The minimum Gasteiger partial charge on any atom is -0.355 e. The molecule has 0 saturated carbocycles. The summed E-state index contributed by atoms with van der Waals surface area (Å²) in [6, 6.07) is 26.5. The van der Waals surface area contributed by atoms with E-state index in [1.54, 1.807) is 0 Å². The number of hydrogen-bond donors (Lipinski definition) is 0. The van der Waals surface area contributed by atoms with Crippen molar-refractivity contribution in [3.8, 4) is 5.82 Å². The van der Waals surface area contributed by atoms with Crippen LogP contribution >= 0.6 is 0 Å². The summed E-state index contributed by atoms with van der Waals surface area (Å²) in [6.07, 6.45) is 1.61. The van der Waals surface area contributed by atoms with Gasteiger partial charge in [-0.2, -0.15) is 5.10 Å². The SMILES string of the molecule is Cc1cc(C)n(-c2ccc(N3CCC(C(=O)N(Cc4ccccc4)Cc4ccccc4)CC3)nn2)n1. The molecule has 184 valence electrons. The molecule has 0 bridgehead atoms. The number of amides is 1. The van der Waals surface area contributed by atoms with Gasteiger partial charge in [0.05, 0.1) is 5.69 Å². The summed E-state index contributed by atoms with van der Waals surface area (Å²) in [4.78, 5) is 17.9. The van der Waals surface area contributed by atoms with Gasteiger partial charge < -0.3 is 9.80 Å². The van der Waals surface area contributed by atoms with Gasteiger partial charge in [0, 0.05) is 37.8 Å². The molecule has 4 aromatic rings. The number of aromatic nitrogens is 4. The van der Waals surface area contributed by atoms with Gasteiger partial charge in [-0.3, -0.25) is 4.79 Å². The van der Waals surface area contributed by atoms with Crippen LogP contribution in [0.1, 0.15) is 35.4 Å². The Morgan fingerprint density at radius 1 is 0.833 bits per heavy atom. The molecular formula is C29H32N6O. The summed E-state index contributed by atoms with van der Waals surface area (Å²) in [6.45, 7) is 6.79. The van der Waals surface area contributed by atoms with Gasteiger partial charge in [-0.25, -0.2) is 4.68 Å². The summed E-state index contributed by atoms with van der Waals surface area (Å²) < 4.78 is 1.81. The molecule has 1 fully saturated rings. The van der Waals surface area contributed by atoms with Crippen LogP contribution in [0.5, 0.6) is 0 Å². The molecule has 1 saturated heterocycles. The van der Waals surface area contributed by atoms with Crippen molar-refractivity contribution in [1.29, 1.82) is 0 Å². The predicted octanol–water partition coefficient (Wildman–Crippen LogP) is 4.72. The van der Waals surface area contributed by atoms with Crippen LogP contribution < -0.4 is 4.90 Å². The second-order valence-electron chi connectivity index (χ2n) is 9.52. The highest BCUT2D eigenvalue weighted by molar-refractivity contribution is 5.79. The van der Waals surface area contributed by atoms with Crippen molar-refractivity contribution in [2.75, 3.05) is 18.0 Å². The second kappa shape index (κ2) is 10.7. The number of carbonyl (C=O) groups is 1. The van der Waals surface area contributed by atoms with E-state index in [-0.39, 0.29) is 11.8 Å². The molecule has 1 amide bonds. The maximum Gasteiger partial charge on any atom is 0.226 e. The van der Waals surface area contributed by atoms with Gasteiger partial charge in [0.25, 0.3) is 0 Å². The minimum atomic E-state index is 0.00982. The summed E-state index contributed by atoms with van der Waals surface area (Å²) in [5, 5.41) is 13.4. The standard InChI is InChI=1S/C29H32N6O/c1-22-19-23(2)35(32-22)28-14-13-27(30-31-28)33-17-15-26(16-18-33)29(36)34(20-24-9-5-3-6-10-24)21-25-11-7-4-8-12-25/h3-14,19,26H,15-18,20-21H2,1-2H3.